The number of halogens is 3. The number of rotatable bonds is 5. The van der Waals surface area contributed by atoms with Crippen LogP contribution in [-0.4, -0.2) is 17.7 Å². The fraction of sp³-hybridized carbons (Fsp3) is 0.154. The SMILES string of the molecule is C=CCOc1ccc(/C=C/C(=O)O)cc1C(F)(F)F. The monoisotopic (exact) mass is 272 g/mol. The van der Waals surface area contributed by atoms with Crippen LogP contribution in [-0.2, 0) is 11.0 Å². The predicted octanol–water partition coefficient (Wildman–Crippen LogP) is 3.37. The minimum Gasteiger partial charge on any atom is -0.489 e. The van der Waals surface area contributed by atoms with E-state index in [1.807, 2.05) is 0 Å². The first-order valence-electron chi connectivity index (χ1n) is 5.20. The summed E-state index contributed by atoms with van der Waals surface area (Å²) in [5.74, 6) is -1.56. The van der Waals surface area contributed by atoms with Crippen molar-refractivity contribution in [3.05, 3.63) is 48.1 Å². The average molecular weight is 272 g/mol. The zero-order valence-electron chi connectivity index (χ0n) is 9.78. The fourth-order valence-corrected chi connectivity index (χ4v) is 1.31. The van der Waals surface area contributed by atoms with Gasteiger partial charge in [-0.3, -0.25) is 0 Å². The smallest absolute Gasteiger partial charge is 0.419 e. The van der Waals surface area contributed by atoms with Crippen molar-refractivity contribution in [3.63, 3.8) is 0 Å². The first-order valence-corrected chi connectivity index (χ1v) is 5.20. The Morgan fingerprint density at radius 1 is 1.42 bits per heavy atom. The molecule has 0 bridgehead atoms. The van der Waals surface area contributed by atoms with Crippen LogP contribution in [0.25, 0.3) is 6.08 Å². The standard InChI is InChI=1S/C13H11F3O3/c1-2-7-19-11-5-3-9(4-6-12(17)18)8-10(11)13(14,15)16/h2-6,8H,1,7H2,(H,17,18)/b6-4+. The Hall–Kier alpha value is -2.24. The van der Waals surface area contributed by atoms with E-state index < -0.39 is 17.7 Å². The highest BCUT2D eigenvalue weighted by Crippen LogP contribution is 2.37. The highest BCUT2D eigenvalue weighted by atomic mass is 19.4. The number of carboxylic acids is 1. The Morgan fingerprint density at radius 3 is 2.63 bits per heavy atom. The summed E-state index contributed by atoms with van der Waals surface area (Å²) in [5, 5.41) is 8.43. The summed E-state index contributed by atoms with van der Waals surface area (Å²) in [7, 11) is 0. The molecule has 0 saturated carbocycles. The Balaban J connectivity index is 3.15. The number of carboxylic acid groups (broad SMARTS) is 1. The fourth-order valence-electron chi connectivity index (χ4n) is 1.31. The van der Waals surface area contributed by atoms with Gasteiger partial charge in [0.15, 0.2) is 0 Å². The zero-order valence-corrected chi connectivity index (χ0v) is 9.78. The van der Waals surface area contributed by atoms with Crippen molar-refractivity contribution in [2.45, 2.75) is 6.18 Å². The molecule has 19 heavy (non-hydrogen) atoms. The second kappa shape index (κ2) is 6.08. The lowest BCUT2D eigenvalue weighted by molar-refractivity contribution is -0.139. The summed E-state index contributed by atoms with van der Waals surface area (Å²) < 4.78 is 43.3. The number of carbonyl (C=O) groups is 1. The van der Waals surface area contributed by atoms with Gasteiger partial charge in [-0.25, -0.2) is 4.79 Å². The van der Waals surface area contributed by atoms with E-state index in [1.54, 1.807) is 0 Å². The first-order chi connectivity index (χ1) is 8.84. The Labute approximate surface area is 107 Å². The van der Waals surface area contributed by atoms with Crippen LogP contribution >= 0.6 is 0 Å². The van der Waals surface area contributed by atoms with Gasteiger partial charge in [-0.1, -0.05) is 18.7 Å². The van der Waals surface area contributed by atoms with Gasteiger partial charge in [-0.15, -0.1) is 0 Å². The van der Waals surface area contributed by atoms with Crippen LogP contribution in [0.5, 0.6) is 5.75 Å². The van der Waals surface area contributed by atoms with E-state index in [9.17, 15) is 18.0 Å². The second-order valence-corrected chi connectivity index (χ2v) is 3.52. The van der Waals surface area contributed by atoms with Crippen molar-refractivity contribution in [1.29, 1.82) is 0 Å². The maximum Gasteiger partial charge on any atom is 0.419 e. The Morgan fingerprint density at radius 2 is 2.11 bits per heavy atom. The van der Waals surface area contributed by atoms with E-state index in [0.29, 0.717) is 0 Å². The molecule has 0 radical (unpaired) electrons. The molecule has 1 rings (SSSR count). The number of ether oxygens (including phenoxy) is 1. The average Bonchev–Trinajstić information content (AvgIpc) is 2.33. The van der Waals surface area contributed by atoms with Gasteiger partial charge in [0.2, 0.25) is 0 Å². The lowest BCUT2D eigenvalue weighted by Crippen LogP contribution is -2.09. The van der Waals surface area contributed by atoms with Gasteiger partial charge >= 0.3 is 12.1 Å². The van der Waals surface area contributed by atoms with Crippen LogP contribution < -0.4 is 4.74 Å². The summed E-state index contributed by atoms with van der Waals surface area (Å²) in [6.45, 7) is 3.30. The summed E-state index contributed by atoms with van der Waals surface area (Å²) in [5.41, 5.74) is -0.831. The molecule has 102 valence electrons. The largest absolute Gasteiger partial charge is 0.489 e. The third kappa shape index (κ3) is 4.50. The van der Waals surface area contributed by atoms with Crippen LogP contribution in [0.3, 0.4) is 0 Å². The highest BCUT2D eigenvalue weighted by Gasteiger charge is 2.34. The third-order valence-corrected chi connectivity index (χ3v) is 2.08. The van der Waals surface area contributed by atoms with Crippen molar-refractivity contribution >= 4 is 12.0 Å². The molecule has 0 aliphatic rings. The molecule has 3 nitrogen and oxygen atoms in total. The minimum atomic E-state index is -4.58. The molecule has 1 N–H and O–H groups in total. The molecule has 0 heterocycles. The summed E-state index contributed by atoms with van der Waals surface area (Å²) in [4.78, 5) is 10.3. The van der Waals surface area contributed by atoms with Crippen LogP contribution in [0.2, 0.25) is 0 Å². The first kappa shape index (κ1) is 14.8. The molecule has 0 atom stereocenters. The van der Waals surface area contributed by atoms with E-state index in [-0.39, 0.29) is 17.9 Å². The molecule has 1 aromatic carbocycles. The molecule has 0 fully saturated rings. The molecule has 0 amide bonds. The van der Waals surface area contributed by atoms with Gasteiger partial charge in [0.25, 0.3) is 0 Å². The highest BCUT2D eigenvalue weighted by molar-refractivity contribution is 5.85. The van der Waals surface area contributed by atoms with E-state index in [2.05, 4.69) is 6.58 Å². The summed E-state index contributed by atoms with van der Waals surface area (Å²) in [6.07, 6.45) is -1.41. The molecular formula is C13H11F3O3. The van der Waals surface area contributed by atoms with Crippen LogP contribution in [0.1, 0.15) is 11.1 Å². The molecule has 0 unspecified atom stereocenters. The number of benzene rings is 1. The quantitative estimate of drug-likeness (QED) is 0.660. The Kier molecular flexibility index (Phi) is 4.74. The predicted molar refractivity (Wildman–Crippen MR) is 63.8 cm³/mol. The number of aliphatic carboxylic acids is 1. The van der Waals surface area contributed by atoms with E-state index in [1.165, 1.54) is 12.1 Å². The van der Waals surface area contributed by atoms with Gasteiger partial charge in [-0.2, -0.15) is 13.2 Å². The Bertz CT molecular complexity index is 504. The minimum absolute atomic E-state index is 0.0482. The van der Waals surface area contributed by atoms with Crippen molar-refractivity contribution in [2.24, 2.45) is 0 Å². The summed E-state index contributed by atoms with van der Waals surface area (Å²) in [6, 6.07) is 3.32. The molecular weight excluding hydrogens is 261 g/mol. The molecule has 0 aliphatic heterocycles. The van der Waals surface area contributed by atoms with E-state index in [0.717, 1.165) is 24.3 Å². The second-order valence-electron chi connectivity index (χ2n) is 3.52. The molecule has 0 saturated heterocycles. The van der Waals surface area contributed by atoms with Crippen molar-refractivity contribution in [3.8, 4) is 5.75 Å². The van der Waals surface area contributed by atoms with E-state index >= 15 is 0 Å². The third-order valence-electron chi connectivity index (χ3n) is 2.08. The topological polar surface area (TPSA) is 46.5 Å². The summed E-state index contributed by atoms with van der Waals surface area (Å²) >= 11 is 0. The van der Waals surface area contributed by atoms with Gasteiger partial charge < -0.3 is 9.84 Å². The lowest BCUT2D eigenvalue weighted by Gasteiger charge is -2.13. The van der Waals surface area contributed by atoms with Gasteiger partial charge in [0, 0.05) is 6.08 Å². The number of hydrogen-bond acceptors (Lipinski definition) is 2. The van der Waals surface area contributed by atoms with Crippen molar-refractivity contribution in [2.75, 3.05) is 6.61 Å². The van der Waals surface area contributed by atoms with Crippen molar-refractivity contribution < 1.29 is 27.8 Å². The van der Waals surface area contributed by atoms with Crippen LogP contribution in [0, 0.1) is 0 Å². The normalized spacial score (nSPS) is 11.5. The molecule has 1 aromatic rings. The van der Waals surface area contributed by atoms with Crippen molar-refractivity contribution in [1.82, 2.24) is 0 Å². The van der Waals surface area contributed by atoms with E-state index in [4.69, 9.17) is 9.84 Å². The van der Waals surface area contributed by atoms with Crippen LogP contribution in [0.15, 0.2) is 36.9 Å². The molecule has 0 aliphatic carbocycles. The van der Waals surface area contributed by atoms with Gasteiger partial charge in [0.05, 0.1) is 5.56 Å². The maximum atomic E-state index is 12.8. The zero-order chi connectivity index (χ0) is 14.5. The number of alkyl halides is 3. The number of hydrogen-bond donors (Lipinski definition) is 1. The lowest BCUT2D eigenvalue weighted by atomic mass is 10.1. The molecule has 6 heteroatoms. The van der Waals surface area contributed by atoms with Gasteiger partial charge in [0.1, 0.15) is 12.4 Å². The van der Waals surface area contributed by atoms with Gasteiger partial charge in [-0.05, 0) is 23.8 Å². The van der Waals surface area contributed by atoms with Crippen LogP contribution in [0.4, 0.5) is 13.2 Å². The maximum absolute atomic E-state index is 12.8. The molecule has 0 aromatic heterocycles. The molecule has 0 spiro atoms.